The van der Waals surface area contributed by atoms with Crippen LogP contribution in [0.4, 0.5) is 0 Å². The van der Waals surface area contributed by atoms with E-state index in [4.69, 9.17) is 0 Å². The first-order valence-corrected chi connectivity index (χ1v) is 0. The summed E-state index contributed by atoms with van der Waals surface area (Å²) in [4.78, 5) is 0. The molecule has 0 spiro atoms. The molecular formula is H5CoLiMgO. The van der Waals surface area contributed by atoms with Gasteiger partial charge in [-0.15, -0.1) is 0 Å². The molecule has 0 aromatic heterocycles. The van der Waals surface area contributed by atoms with Gasteiger partial charge in [0.05, 0.1) is 0 Å². The van der Waals surface area contributed by atoms with Gasteiger partial charge in [-0.3, -0.25) is 0 Å². The molecule has 4 heteroatoms. The van der Waals surface area contributed by atoms with Gasteiger partial charge in [0.25, 0.3) is 0 Å². The van der Waals surface area contributed by atoms with Crippen LogP contribution in [-0.2, 0) is 16.8 Å². The first kappa shape index (κ1) is 40.6. The summed E-state index contributed by atoms with van der Waals surface area (Å²) in [7, 11) is 0. The van der Waals surface area contributed by atoms with Crippen molar-refractivity contribution >= 4 is 23.1 Å². The molecule has 1 radical (unpaired) electrons. The van der Waals surface area contributed by atoms with Crippen molar-refractivity contribution < 1.29 is 45.4 Å². The second kappa shape index (κ2) is 21.2. The third-order valence-electron chi connectivity index (χ3n) is 0. The van der Waals surface area contributed by atoms with Crippen LogP contribution in [-0.4, -0.2) is 28.5 Å². The second-order valence-electron chi connectivity index (χ2n) is 0. The maximum absolute atomic E-state index is 0. The third-order valence-corrected chi connectivity index (χ3v) is 0. The summed E-state index contributed by atoms with van der Waals surface area (Å²) in [5.41, 5.74) is 0. The Kier molecular flexibility index (Phi) is 215. The molecule has 0 saturated carbocycles. The van der Waals surface area contributed by atoms with Gasteiger partial charge < -0.3 is 9.76 Å². The van der Waals surface area contributed by atoms with E-state index in [0.29, 0.717) is 0 Å². The molecule has 0 heterocycles. The van der Waals surface area contributed by atoms with Crippen molar-refractivity contribution in [2.75, 3.05) is 0 Å². The molecule has 1 nitrogen and oxygen atoms in total. The zero-order chi connectivity index (χ0) is 0. The van der Waals surface area contributed by atoms with Crippen molar-refractivity contribution in [1.82, 2.24) is 0 Å². The van der Waals surface area contributed by atoms with Crippen LogP contribution in [0.1, 0.15) is 4.28 Å². The molecule has 2 N–H and O–H groups in total. The molecular weight excluding hydrogens is 106 g/mol. The molecule has 0 saturated heterocycles. The quantitative estimate of drug-likeness (QED) is 0.287. The van der Waals surface area contributed by atoms with Crippen molar-refractivity contribution in [2.45, 2.75) is 0 Å². The molecule has 23 valence electrons. The number of rotatable bonds is 0. The molecule has 0 aromatic rings. The Morgan fingerprint density at radius 1 is 1.25 bits per heavy atom. The maximum atomic E-state index is 0. The zero-order valence-electron chi connectivity index (χ0n) is 5.54. The van der Waals surface area contributed by atoms with Crippen molar-refractivity contribution in [2.24, 2.45) is 0 Å². The molecule has 0 aliphatic heterocycles. The molecule has 4 heavy (non-hydrogen) atoms. The van der Waals surface area contributed by atoms with Crippen LogP contribution in [0.3, 0.4) is 0 Å². The standard InChI is InChI=1S/Co.Li.Mg.H2O.3H/h;;;1H2;;;/q;+1;+2;;3*-1. The van der Waals surface area contributed by atoms with Crippen LogP contribution in [0, 0.1) is 0 Å². The van der Waals surface area contributed by atoms with Crippen molar-refractivity contribution in [1.29, 1.82) is 0 Å². The molecule has 0 fully saturated rings. The van der Waals surface area contributed by atoms with Gasteiger partial charge in [0.2, 0.25) is 0 Å². The molecule has 0 aromatic carbocycles. The third kappa shape index (κ3) is 9.16. The monoisotopic (exact) mass is 111 g/mol. The molecule has 0 aliphatic carbocycles. The van der Waals surface area contributed by atoms with E-state index in [1.807, 2.05) is 0 Å². The Labute approximate surface area is 68.2 Å². The van der Waals surface area contributed by atoms with Gasteiger partial charge in [0.15, 0.2) is 0 Å². The van der Waals surface area contributed by atoms with Gasteiger partial charge in [-0.25, -0.2) is 0 Å². The van der Waals surface area contributed by atoms with Gasteiger partial charge >= 0.3 is 41.9 Å². The molecule has 0 atom stereocenters. The largest absolute Gasteiger partial charge is 2.00 e. The smallest absolute Gasteiger partial charge is 1.00 e. The van der Waals surface area contributed by atoms with E-state index >= 15 is 0 Å². The summed E-state index contributed by atoms with van der Waals surface area (Å²) in [6, 6.07) is 0. The van der Waals surface area contributed by atoms with Crippen LogP contribution in [0.15, 0.2) is 0 Å². The van der Waals surface area contributed by atoms with E-state index in [-0.39, 0.29) is 68.4 Å². The fraction of sp³-hybridized carbons (Fsp3) is 0. The summed E-state index contributed by atoms with van der Waals surface area (Å²) in [6.07, 6.45) is 0. The Hall–Kier alpha value is 1.83. The average Bonchev–Trinajstić information content (AvgIpc) is 0. The summed E-state index contributed by atoms with van der Waals surface area (Å²) in [6.45, 7) is 0. The minimum atomic E-state index is 0. The Morgan fingerprint density at radius 3 is 1.25 bits per heavy atom. The van der Waals surface area contributed by atoms with Gasteiger partial charge in [0.1, 0.15) is 0 Å². The van der Waals surface area contributed by atoms with Gasteiger partial charge in [-0.05, 0) is 0 Å². The zero-order valence-corrected chi connectivity index (χ0v) is 5.00. The minimum absolute atomic E-state index is 0. The van der Waals surface area contributed by atoms with Crippen LogP contribution in [0.5, 0.6) is 0 Å². The summed E-state index contributed by atoms with van der Waals surface area (Å²) < 4.78 is 0. The van der Waals surface area contributed by atoms with Crippen LogP contribution in [0.2, 0.25) is 0 Å². The van der Waals surface area contributed by atoms with Crippen molar-refractivity contribution in [3.05, 3.63) is 0 Å². The molecule has 0 rings (SSSR count). The summed E-state index contributed by atoms with van der Waals surface area (Å²) in [5, 5.41) is 0. The molecule has 0 bridgehead atoms. The van der Waals surface area contributed by atoms with Gasteiger partial charge in [0, 0.05) is 16.8 Å². The fourth-order valence-electron chi connectivity index (χ4n) is 0. The average molecular weight is 111 g/mol. The first-order valence-electron chi connectivity index (χ1n) is 0. The van der Waals surface area contributed by atoms with E-state index in [1.54, 1.807) is 0 Å². The first-order chi connectivity index (χ1) is 0. The normalized spacial score (nSPS) is 0. The van der Waals surface area contributed by atoms with E-state index < -0.39 is 0 Å². The summed E-state index contributed by atoms with van der Waals surface area (Å²) >= 11 is 0. The minimum Gasteiger partial charge on any atom is -1.00 e. The molecule has 0 aliphatic rings. The summed E-state index contributed by atoms with van der Waals surface area (Å²) in [5.74, 6) is 0. The van der Waals surface area contributed by atoms with E-state index in [9.17, 15) is 0 Å². The Bertz CT molecular complexity index is 14.9. The van der Waals surface area contributed by atoms with Crippen LogP contribution < -0.4 is 18.9 Å². The van der Waals surface area contributed by atoms with E-state index in [2.05, 4.69) is 0 Å². The Balaban J connectivity index is 0. The number of hydrogen-bond acceptors (Lipinski definition) is 0. The van der Waals surface area contributed by atoms with E-state index in [0.717, 1.165) is 0 Å². The molecule has 0 amide bonds. The van der Waals surface area contributed by atoms with Gasteiger partial charge in [-0.2, -0.15) is 0 Å². The second-order valence-corrected chi connectivity index (χ2v) is 0. The Morgan fingerprint density at radius 2 is 1.25 bits per heavy atom. The van der Waals surface area contributed by atoms with Crippen LogP contribution >= 0.6 is 0 Å². The fourth-order valence-corrected chi connectivity index (χ4v) is 0. The van der Waals surface area contributed by atoms with E-state index in [1.165, 1.54) is 0 Å². The van der Waals surface area contributed by atoms with Crippen molar-refractivity contribution in [3.8, 4) is 0 Å². The predicted molar refractivity (Wildman–Crippen MR) is 12.7 cm³/mol. The topological polar surface area (TPSA) is 31.5 Å². The maximum Gasteiger partial charge on any atom is 2.00 e. The molecule has 0 unspecified atom stereocenters. The SMILES string of the molecule is O.[Co].[H-].[H-].[H-].[Li+].[Mg+2]. The van der Waals surface area contributed by atoms with Gasteiger partial charge in [-0.1, -0.05) is 0 Å². The number of hydrogen-bond donors (Lipinski definition) is 0. The van der Waals surface area contributed by atoms with Crippen LogP contribution in [0.25, 0.3) is 0 Å². The predicted octanol–water partition coefficient (Wildman–Crippen LogP) is -3.87. The van der Waals surface area contributed by atoms with Crippen molar-refractivity contribution in [3.63, 3.8) is 0 Å².